The minimum atomic E-state index is 0.445. The van der Waals surface area contributed by atoms with Crippen LogP contribution >= 0.6 is 11.6 Å². The Morgan fingerprint density at radius 2 is 2.27 bits per heavy atom. The SMILES string of the molecule is CCC1=N[C@H](C)C[C@@H]1c1ccc(Cl)nc1. The van der Waals surface area contributed by atoms with Crippen LogP contribution in [0.15, 0.2) is 23.3 Å². The zero-order chi connectivity index (χ0) is 10.8. The first-order valence-electron chi connectivity index (χ1n) is 5.38. The van der Waals surface area contributed by atoms with Gasteiger partial charge in [-0.05, 0) is 31.4 Å². The normalized spacial score (nSPS) is 25.4. The summed E-state index contributed by atoms with van der Waals surface area (Å²) >= 11 is 5.78. The Labute approximate surface area is 95.4 Å². The number of pyridine rings is 1. The Balaban J connectivity index is 2.25. The van der Waals surface area contributed by atoms with Crippen molar-refractivity contribution < 1.29 is 0 Å². The summed E-state index contributed by atoms with van der Waals surface area (Å²) < 4.78 is 0. The highest BCUT2D eigenvalue weighted by molar-refractivity contribution is 6.29. The number of rotatable bonds is 2. The van der Waals surface area contributed by atoms with Gasteiger partial charge in [-0.15, -0.1) is 0 Å². The van der Waals surface area contributed by atoms with Crippen LogP contribution in [-0.4, -0.2) is 16.7 Å². The molecule has 0 N–H and O–H groups in total. The van der Waals surface area contributed by atoms with E-state index in [9.17, 15) is 0 Å². The quantitative estimate of drug-likeness (QED) is 0.704. The highest BCUT2D eigenvalue weighted by Gasteiger charge is 2.25. The number of halogens is 1. The molecule has 1 aromatic heterocycles. The van der Waals surface area contributed by atoms with Gasteiger partial charge in [-0.2, -0.15) is 0 Å². The fraction of sp³-hybridized carbons (Fsp3) is 0.500. The highest BCUT2D eigenvalue weighted by Crippen LogP contribution is 2.31. The van der Waals surface area contributed by atoms with E-state index in [-0.39, 0.29) is 0 Å². The Morgan fingerprint density at radius 1 is 1.47 bits per heavy atom. The molecule has 0 unspecified atom stereocenters. The van der Waals surface area contributed by atoms with Crippen molar-refractivity contribution in [2.45, 2.75) is 38.6 Å². The second kappa shape index (κ2) is 4.31. The average Bonchev–Trinajstić information content (AvgIpc) is 2.61. The Morgan fingerprint density at radius 3 is 2.87 bits per heavy atom. The maximum Gasteiger partial charge on any atom is 0.129 e. The minimum Gasteiger partial charge on any atom is -0.290 e. The zero-order valence-corrected chi connectivity index (χ0v) is 9.83. The molecular formula is C12H15ClN2. The minimum absolute atomic E-state index is 0.445. The summed E-state index contributed by atoms with van der Waals surface area (Å²) in [4.78, 5) is 8.77. The van der Waals surface area contributed by atoms with Gasteiger partial charge < -0.3 is 0 Å². The predicted molar refractivity (Wildman–Crippen MR) is 63.8 cm³/mol. The number of hydrogen-bond donors (Lipinski definition) is 0. The lowest BCUT2D eigenvalue weighted by molar-refractivity contribution is 0.690. The van der Waals surface area contributed by atoms with E-state index >= 15 is 0 Å². The fourth-order valence-corrected chi connectivity index (χ4v) is 2.27. The van der Waals surface area contributed by atoms with Gasteiger partial charge in [0, 0.05) is 23.9 Å². The Kier molecular flexibility index (Phi) is 3.06. The molecule has 0 saturated carbocycles. The van der Waals surface area contributed by atoms with Gasteiger partial charge in [0.05, 0.1) is 0 Å². The molecule has 1 aliphatic rings. The van der Waals surface area contributed by atoms with Crippen molar-refractivity contribution in [3.05, 3.63) is 29.0 Å². The van der Waals surface area contributed by atoms with Crippen molar-refractivity contribution in [1.29, 1.82) is 0 Å². The molecule has 1 aromatic rings. The summed E-state index contributed by atoms with van der Waals surface area (Å²) in [5.74, 6) is 0.453. The molecule has 2 heterocycles. The summed E-state index contributed by atoms with van der Waals surface area (Å²) in [5, 5.41) is 0.555. The third-order valence-electron chi connectivity index (χ3n) is 2.88. The second-order valence-corrected chi connectivity index (χ2v) is 4.41. The van der Waals surface area contributed by atoms with Crippen LogP contribution < -0.4 is 0 Å². The molecule has 2 rings (SSSR count). The van der Waals surface area contributed by atoms with Crippen LogP contribution in [0.5, 0.6) is 0 Å². The van der Waals surface area contributed by atoms with E-state index in [4.69, 9.17) is 11.6 Å². The van der Waals surface area contributed by atoms with Gasteiger partial charge in [0.25, 0.3) is 0 Å². The van der Waals surface area contributed by atoms with Crippen LogP contribution in [0, 0.1) is 0 Å². The maximum atomic E-state index is 5.78. The third kappa shape index (κ3) is 2.20. The smallest absolute Gasteiger partial charge is 0.129 e. The molecule has 0 fully saturated rings. The molecule has 0 spiro atoms. The zero-order valence-electron chi connectivity index (χ0n) is 9.07. The van der Waals surface area contributed by atoms with Crippen LogP contribution in [0.4, 0.5) is 0 Å². The highest BCUT2D eigenvalue weighted by atomic mass is 35.5. The van der Waals surface area contributed by atoms with Gasteiger partial charge in [-0.25, -0.2) is 4.98 Å². The second-order valence-electron chi connectivity index (χ2n) is 4.03. The van der Waals surface area contributed by atoms with Crippen LogP contribution in [0.25, 0.3) is 0 Å². The number of hydrogen-bond acceptors (Lipinski definition) is 2. The largest absolute Gasteiger partial charge is 0.290 e. The standard InChI is InChI=1S/C12H15ClN2/c1-3-11-10(6-8(2)15-11)9-4-5-12(13)14-7-9/h4-5,7-8,10H,3,6H2,1-2H3/t8-,10-/m1/s1. The lowest BCUT2D eigenvalue weighted by Gasteiger charge is -2.11. The van der Waals surface area contributed by atoms with Gasteiger partial charge >= 0.3 is 0 Å². The molecule has 1 aliphatic heterocycles. The van der Waals surface area contributed by atoms with E-state index in [0.29, 0.717) is 17.1 Å². The van der Waals surface area contributed by atoms with Crippen molar-refractivity contribution in [2.75, 3.05) is 0 Å². The van der Waals surface area contributed by atoms with Gasteiger partial charge in [-0.1, -0.05) is 24.6 Å². The first-order chi connectivity index (χ1) is 7.20. The van der Waals surface area contributed by atoms with Crippen molar-refractivity contribution in [3.63, 3.8) is 0 Å². The summed E-state index contributed by atoms with van der Waals surface area (Å²) in [6.45, 7) is 4.33. The van der Waals surface area contributed by atoms with E-state index in [2.05, 4.69) is 29.9 Å². The molecule has 15 heavy (non-hydrogen) atoms. The molecule has 0 bridgehead atoms. The van der Waals surface area contributed by atoms with Gasteiger partial charge in [-0.3, -0.25) is 4.99 Å². The molecule has 0 saturated heterocycles. The van der Waals surface area contributed by atoms with E-state index in [1.807, 2.05) is 12.3 Å². The van der Waals surface area contributed by atoms with Crippen molar-refractivity contribution in [2.24, 2.45) is 4.99 Å². The number of aliphatic imine (C=N–C) groups is 1. The lowest BCUT2D eigenvalue weighted by atomic mass is 9.92. The van der Waals surface area contributed by atoms with Gasteiger partial charge in [0.15, 0.2) is 0 Å². The topological polar surface area (TPSA) is 25.2 Å². The van der Waals surface area contributed by atoms with Crippen LogP contribution in [-0.2, 0) is 0 Å². The molecular weight excluding hydrogens is 208 g/mol. The molecule has 0 aliphatic carbocycles. The molecule has 0 aromatic carbocycles. The lowest BCUT2D eigenvalue weighted by Crippen LogP contribution is -2.07. The molecule has 0 radical (unpaired) electrons. The molecule has 80 valence electrons. The Bertz CT molecular complexity index is 370. The molecule has 0 amide bonds. The van der Waals surface area contributed by atoms with Gasteiger partial charge in [0.2, 0.25) is 0 Å². The summed E-state index contributed by atoms with van der Waals surface area (Å²) in [7, 11) is 0. The van der Waals surface area contributed by atoms with Crippen LogP contribution in [0.1, 0.15) is 38.2 Å². The van der Waals surface area contributed by atoms with E-state index in [1.165, 1.54) is 11.3 Å². The monoisotopic (exact) mass is 222 g/mol. The molecule has 2 atom stereocenters. The number of aromatic nitrogens is 1. The fourth-order valence-electron chi connectivity index (χ4n) is 2.16. The third-order valence-corrected chi connectivity index (χ3v) is 3.10. The summed E-state index contributed by atoms with van der Waals surface area (Å²) in [6.07, 6.45) is 4.00. The van der Waals surface area contributed by atoms with Crippen LogP contribution in [0.2, 0.25) is 5.15 Å². The molecule has 2 nitrogen and oxygen atoms in total. The summed E-state index contributed by atoms with van der Waals surface area (Å²) in [6, 6.07) is 4.36. The molecule has 3 heteroatoms. The van der Waals surface area contributed by atoms with E-state index < -0.39 is 0 Å². The van der Waals surface area contributed by atoms with E-state index in [1.54, 1.807) is 0 Å². The summed E-state index contributed by atoms with van der Waals surface area (Å²) in [5.41, 5.74) is 2.54. The van der Waals surface area contributed by atoms with Gasteiger partial charge in [0.1, 0.15) is 5.15 Å². The van der Waals surface area contributed by atoms with Crippen molar-refractivity contribution in [1.82, 2.24) is 4.98 Å². The van der Waals surface area contributed by atoms with Crippen LogP contribution in [0.3, 0.4) is 0 Å². The van der Waals surface area contributed by atoms with Crippen molar-refractivity contribution >= 4 is 17.3 Å². The Hall–Kier alpha value is -0.890. The number of nitrogens with zero attached hydrogens (tertiary/aromatic N) is 2. The predicted octanol–water partition coefficient (Wildman–Crippen LogP) is 3.46. The first-order valence-corrected chi connectivity index (χ1v) is 5.76. The maximum absolute atomic E-state index is 5.78. The van der Waals surface area contributed by atoms with Crippen molar-refractivity contribution in [3.8, 4) is 0 Å². The first kappa shape index (κ1) is 10.6. The van der Waals surface area contributed by atoms with E-state index in [0.717, 1.165) is 12.8 Å². The average molecular weight is 223 g/mol.